The van der Waals surface area contributed by atoms with Gasteiger partial charge in [-0.2, -0.15) is 10.0 Å². The average Bonchev–Trinajstić information content (AvgIpc) is 3.09. The predicted octanol–water partition coefficient (Wildman–Crippen LogP) is 0.804. The summed E-state index contributed by atoms with van der Waals surface area (Å²) >= 11 is 0. The number of amides is 5. The summed E-state index contributed by atoms with van der Waals surface area (Å²) in [5.74, 6) is -1.08. The van der Waals surface area contributed by atoms with E-state index in [0.29, 0.717) is 25.1 Å². The number of nitrogens with zero attached hydrogens (tertiary/aromatic N) is 3. The van der Waals surface area contributed by atoms with Crippen molar-refractivity contribution in [1.29, 1.82) is 0 Å². The first-order valence-electron chi connectivity index (χ1n) is 7.40. The summed E-state index contributed by atoms with van der Waals surface area (Å²) in [6.45, 7) is 0.412. The van der Waals surface area contributed by atoms with Crippen molar-refractivity contribution >= 4 is 29.4 Å². The molecule has 5 amide bonds. The van der Waals surface area contributed by atoms with E-state index < -0.39 is 17.8 Å². The zero-order valence-electron chi connectivity index (χ0n) is 12.4. The third-order valence-corrected chi connectivity index (χ3v) is 3.72. The monoisotopic (exact) mass is 316 g/mol. The summed E-state index contributed by atoms with van der Waals surface area (Å²) in [5, 5.41) is 3.04. The summed E-state index contributed by atoms with van der Waals surface area (Å²) in [5.41, 5.74) is 2.85. The Morgan fingerprint density at radius 1 is 0.957 bits per heavy atom. The molecular formula is C15H16N4O4. The minimum Gasteiger partial charge on any atom is -0.273 e. The number of hydrogen-bond donors (Lipinski definition) is 1. The first-order valence-corrected chi connectivity index (χ1v) is 7.40. The van der Waals surface area contributed by atoms with E-state index >= 15 is 0 Å². The van der Waals surface area contributed by atoms with Crippen molar-refractivity contribution in [1.82, 2.24) is 15.4 Å². The lowest BCUT2D eigenvalue weighted by Gasteiger charge is -2.31. The van der Waals surface area contributed by atoms with Crippen LogP contribution in [0.15, 0.2) is 30.3 Å². The van der Waals surface area contributed by atoms with Crippen LogP contribution >= 0.6 is 0 Å². The van der Waals surface area contributed by atoms with E-state index in [-0.39, 0.29) is 18.7 Å². The fourth-order valence-corrected chi connectivity index (χ4v) is 2.61. The summed E-state index contributed by atoms with van der Waals surface area (Å²) in [6.07, 6.45) is 1.16. The third kappa shape index (κ3) is 2.87. The van der Waals surface area contributed by atoms with Gasteiger partial charge in [0.15, 0.2) is 0 Å². The van der Waals surface area contributed by atoms with Crippen molar-refractivity contribution in [2.24, 2.45) is 0 Å². The molecule has 0 unspecified atom stereocenters. The number of hydrogen-bond acceptors (Lipinski definition) is 4. The number of carbonyl (C=O) groups is 4. The van der Waals surface area contributed by atoms with E-state index in [2.05, 4.69) is 5.43 Å². The molecule has 0 spiro atoms. The molecule has 8 heteroatoms. The predicted molar refractivity (Wildman–Crippen MR) is 79.5 cm³/mol. The molecule has 23 heavy (non-hydrogen) atoms. The van der Waals surface area contributed by atoms with Crippen molar-refractivity contribution in [2.75, 3.05) is 11.6 Å². The van der Waals surface area contributed by atoms with Crippen LogP contribution in [0.4, 0.5) is 10.5 Å². The van der Waals surface area contributed by atoms with Gasteiger partial charge in [0.2, 0.25) is 17.7 Å². The highest BCUT2D eigenvalue weighted by Crippen LogP contribution is 2.22. The van der Waals surface area contributed by atoms with Gasteiger partial charge >= 0.3 is 6.03 Å². The Balaban J connectivity index is 1.89. The van der Waals surface area contributed by atoms with Crippen LogP contribution in [0, 0.1) is 0 Å². The van der Waals surface area contributed by atoms with Crippen LogP contribution in [-0.4, -0.2) is 40.3 Å². The third-order valence-electron chi connectivity index (χ3n) is 3.72. The summed E-state index contributed by atoms with van der Waals surface area (Å²) in [6, 6.07) is 7.67. The minimum absolute atomic E-state index is 0.0676. The topological polar surface area (TPSA) is 90.0 Å². The van der Waals surface area contributed by atoms with E-state index in [1.54, 1.807) is 30.3 Å². The van der Waals surface area contributed by atoms with Crippen LogP contribution in [0.1, 0.15) is 25.7 Å². The molecule has 3 rings (SSSR count). The summed E-state index contributed by atoms with van der Waals surface area (Å²) in [7, 11) is 0. The number of anilines is 1. The van der Waals surface area contributed by atoms with Gasteiger partial charge in [-0.05, 0) is 18.6 Å². The van der Waals surface area contributed by atoms with Crippen LogP contribution in [0.25, 0.3) is 0 Å². The molecule has 1 aromatic rings. The lowest BCUT2D eigenvalue weighted by atomic mass is 10.3. The molecule has 0 radical (unpaired) electrons. The molecule has 0 saturated carbocycles. The van der Waals surface area contributed by atoms with Gasteiger partial charge in [-0.25, -0.2) is 10.2 Å². The number of hydrazine groups is 2. The maximum atomic E-state index is 12.6. The van der Waals surface area contributed by atoms with Crippen molar-refractivity contribution in [3.63, 3.8) is 0 Å². The number of rotatable bonds is 3. The molecule has 0 aromatic heterocycles. The van der Waals surface area contributed by atoms with E-state index in [4.69, 9.17) is 0 Å². The van der Waals surface area contributed by atoms with Crippen LogP contribution in [0.2, 0.25) is 0 Å². The lowest BCUT2D eigenvalue weighted by molar-refractivity contribution is -0.138. The second-order valence-electron chi connectivity index (χ2n) is 5.31. The number of benzene rings is 1. The highest BCUT2D eigenvalue weighted by molar-refractivity contribution is 6.08. The largest absolute Gasteiger partial charge is 0.360 e. The molecular weight excluding hydrogens is 300 g/mol. The molecule has 2 aliphatic heterocycles. The zero-order chi connectivity index (χ0) is 16.4. The number of para-hydroxylation sites is 1. The van der Waals surface area contributed by atoms with Crippen molar-refractivity contribution in [3.05, 3.63) is 30.3 Å². The van der Waals surface area contributed by atoms with Gasteiger partial charge in [0.25, 0.3) is 0 Å². The molecule has 120 valence electrons. The standard InChI is InChI=1S/C15H16N4O4/c20-12-7-4-10-17(12)16-15(23)18(11-5-2-1-3-6-11)19-13(21)8-9-14(19)22/h1-3,5-6H,4,7-10H2,(H,16,23). The SMILES string of the molecule is O=C1CCCN1NC(=O)N(c1ccccc1)N1C(=O)CCC1=O. The Morgan fingerprint density at radius 2 is 1.61 bits per heavy atom. The molecule has 0 atom stereocenters. The van der Waals surface area contributed by atoms with Gasteiger partial charge in [0.05, 0.1) is 5.69 Å². The average molecular weight is 316 g/mol. The molecule has 2 aliphatic rings. The molecule has 0 bridgehead atoms. The Kier molecular flexibility index (Phi) is 3.96. The van der Waals surface area contributed by atoms with Crippen LogP contribution in [0.5, 0.6) is 0 Å². The fourth-order valence-electron chi connectivity index (χ4n) is 2.61. The summed E-state index contributed by atoms with van der Waals surface area (Å²) in [4.78, 5) is 48.3. The molecule has 2 saturated heterocycles. The normalized spacial score (nSPS) is 17.8. The van der Waals surface area contributed by atoms with E-state index in [1.165, 1.54) is 5.01 Å². The van der Waals surface area contributed by atoms with Crippen molar-refractivity contribution in [3.8, 4) is 0 Å². The van der Waals surface area contributed by atoms with Gasteiger partial charge < -0.3 is 0 Å². The van der Waals surface area contributed by atoms with Crippen molar-refractivity contribution < 1.29 is 19.2 Å². The van der Waals surface area contributed by atoms with Gasteiger partial charge in [-0.3, -0.25) is 19.4 Å². The second kappa shape index (κ2) is 6.07. The Hall–Kier alpha value is -2.90. The smallest absolute Gasteiger partial charge is 0.273 e. The number of urea groups is 1. The first kappa shape index (κ1) is 15.0. The lowest BCUT2D eigenvalue weighted by Crippen LogP contribution is -2.57. The second-order valence-corrected chi connectivity index (χ2v) is 5.31. The number of nitrogens with one attached hydrogen (secondary N) is 1. The van der Waals surface area contributed by atoms with E-state index in [0.717, 1.165) is 10.0 Å². The van der Waals surface area contributed by atoms with E-state index in [9.17, 15) is 19.2 Å². The van der Waals surface area contributed by atoms with Crippen LogP contribution < -0.4 is 10.4 Å². The summed E-state index contributed by atoms with van der Waals surface area (Å²) < 4.78 is 0. The van der Waals surface area contributed by atoms with Gasteiger partial charge in [-0.15, -0.1) is 0 Å². The maximum absolute atomic E-state index is 12.6. The molecule has 0 aliphatic carbocycles. The van der Waals surface area contributed by atoms with Gasteiger partial charge in [0.1, 0.15) is 0 Å². The quantitative estimate of drug-likeness (QED) is 0.835. The highest BCUT2D eigenvalue weighted by Gasteiger charge is 2.38. The molecule has 8 nitrogen and oxygen atoms in total. The number of imide groups is 1. The van der Waals surface area contributed by atoms with Crippen molar-refractivity contribution in [2.45, 2.75) is 25.7 Å². The Bertz CT molecular complexity index is 645. The minimum atomic E-state index is -0.713. The highest BCUT2D eigenvalue weighted by atomic mass is 16.2. The van der Waals surface area contributed by atoms with Gasteiger partial charge in [0, 0.05) is 25.8 Å². The Morgan fingerprint density at radius 3 is 2.17 bits per heavy atom. The van der Waals surface area contributed by atoms with Crippen LogP contribution in [0.3, 0.4) is 0 Å². The zero-order valence-corrected chi connectivity index (χ0v) is 12.4. The fraction of sp³-hybridized carbons (Fsp3) is 0.333. The molecule has 1 aromatic carbocycles. The molecule has 1 N–H and O–H groups in total. The molecule has 2 heterocycles. The maximum Gasteiger partial charge on any atom is 0.360 e. The Labute approximate surface area is 132 Å². The van der Waals surface area contributed by atoms with E-state index in [1.807, 2.05) is 0 Å². The molecule has 2 fully saturated rings. The first-order chi connectivity index (χ1) is 11.1. The van der Waals surface area contributed by atoms with Gasteiger partial charge in [-0.1, -0.05) is 18.2 Å². The number of carbonyl (C=O) groups excluding carboxylic acids is 4. The van der Waals surface area contributed by atoms with Crippen LogP contribution in [-0.2, 0) is 14.4 Å².